The number of hydrogen-bond donors (Lipinski definition) is 2. The fraction of sp³-hybridized carbons (Fsp3) is 0.846. The number of carboxylic acid groups (broad SMARTS) is 1. The van der Waals surface area contributed by atoms with E-state index in [4.69, 9.17) is 5.11 Å². The highest BCUT2D eigenvalue weighted by Gasteiger charge is 2.25. The van der Waals surface area contributed by atoms with Crippen LogP contribution >= 0.6 is 0 Å². The van der Waals surface area contributed by atoms with Gasteiger partial charge in [-0.25, -0.2) is 0 Å². The molecule has 0 fully saturated rings. The fourth-order valence-corrected chi connectivity index (χ4v) is 1.51. The lowest BCUT2D eigenvalue weighted by Crippen LogP contribution is -2.51. The van der Waals surface area contributed by atoms with E-state index < -0.39 is 5.97 Å². The van der Waals surface area contributed by atoms with Gasteiger partial charge in [0.1, 0.15) is 0 Å². The van der Waals surface area contributed by atoms with Crippen molar-refractivity contribution >= 4 is 11.9 Å². The first-order valence-corrected chi connectivity index (χ1v) is 6.20. The molecule has 0 aromatic rings. The number of amides is 1. The van der Waals surface area contributed by atoms with E-state index in [1.54, 1.807) is 0 Å². The number of nitrogens with one attached hydrogen (secondary N) is 1. The topological polar surface area (TPSA) is 69.6 Å². The van der Waals surface area contributed by atoms with Crippen LogP contribution in [0.2, 0.25) is 0 Å². The number of carbonyl (C=O) groups excluding carboxylic acids is 1. The standard InChI is InChI=1S/C13H26N2O3/c1-12(2,3)14-10(16)9-15(13(4,5)6)8-7-11(17)18/h7-9H2,1-6H3,(H,14,16)(H,17,18). The van der Waals surface area contributed by atoms with E-state index in [0.29, 0.717) is 6.54 Å². The lowest BCUT2D eigenvalue weighted by molar-refractivity contribution is -0.138. The third kappa shape index (κ3) is 8.06. The largest absolute Gasteiger partial charge is 0.481 e. The van der Waals surface area contributed by atoms with Crippen LogP contribution in [0.4, 0.5) is 0 Å². The molecule has 0 saturated carbocycles. The van der Waals surface area contributed by atoms with Crippen LogP contribution in [0.3, 0.4) is 0 Å². The number of nitrogens with zero attached hydrogens (tertiary/aromatic N) is 1. The molecule has 1 amide bonds. The molecule has 0 aliphatic rings. The predicted octanol–water partition coefficient (Wildman–Crippen LogP) is 1.48. The van der Waals surface area contributed by atoms with Crippen LogP contribution in [0, 0.1) is 0 Å². The minimum Gasteiger partial charge on any atom is -0.481 e. The Bertz CT molecular complexity index is 300. The highest BCUT2D eigenvalue weighted by Crippen LogP contribution is 2.13. The second-order valence-corrected chi connectivity index (χ2v) is 6.53. The molecule has 2 N–H and O–H groups in total. The van der Waals surface area contributed by atoms with Crippen LogP contribution < -0.4 is 5.32 Å². The van der Waals surface area contributed by atoms with E-state index in [1.165, 1.54) is 0 Å². The zero-order chi connectivity index (χ0) is 14.6. The van der Waals surface area contributed by atoms with Crippen molar-refractivity contribution in [3.8, 4) is 0 Å². The van der Waals surface area contributed by atoms with Crippen LogP contribution in [0.15, 0.2) is 0 Å². The molecule has 0 saturated heterocycles. The second kappa shape index (κ2) is 6.18. The van der Waals surface area contributed by atoms with E-state index in [2.05, 4.69) is 5.32 Å². The number of carbonyl (C=O) groups is 2. The summed E-state index contributed by atoms with van der Waals surface area (Å²) in [5.74, 6) is -0.928. The summed E-state index contributed by atoms with van der Waals surface area (Å²) in [6.07, 6.45) is 0.0417. The minimum atomic E-state index is -0.847. The molecule has 0 heterocycles. The quantitative estimate of drug-likeness (QED) is 0.783. The Morgan fingerprint density at radius 3 is 1.94 bits per heavy atom. The summed E-state index contributed by atoms with van der Waals surface area (Å²) >= 11 is 0. The predicted molar refractivity (Wildman–Crippen MR) is 71.5 cm³/mol. The Hall–Kier alpha value is -1.10. The third-order valence-electron chi connectivity index (χ3n) is 2.39. The maximum atomic E-state index is 11.9. The zero-order valence-corrected chi connectivity index (χ0v) is 12.3. The molecule has 18 heavy (non-hydrogen) atoms. The lowest BCUT2D eigenvalue weighted by atomic mass is 10.0. The third-order valence-corrected chi connectivity index (χ3v) is 2.39. The Morgan fingerprint density at radius 1 is 1.11 bits per heavy atom. The molecule has 0 aromatic carbocycles. The summed E-state index contributed by atoms with van der Waals surface area (Å²) in [5.41, 5.74) is -0.502. The van der Waals surface area contributed by atoms with Crippen molar-refractivity contribution in [3.05, 3.63) is 0 Å². The van der Waals surface area contributed by atoms with E-state index in [0.717, 1.165) is 0 Å². The Labute approximate surface area is 110 Å². The first-order valence-electron chi connectivity index (χ1n) is 6.20. The van der Waals surface area contributed by atoms with Crippen LogP contribution in [-0.2, 0) is 9.59 Å². The molecule has 0 bridgehead atoms. The van der Waals surface area contributed by atoms with Gasteiger partial charge in [0.2, 0.25) is 5.91 Å². The smallest absolute Gasteiger partial charge is 0.304 e. The number of rotatable bonds is 5. The Balaban J connectivity index is 4.51. The molecule has 106 valence electrons. The van der Waals surface area contributed by atoms with Gasteiger partial charge >= 0.3 is 5.97 Å². The van der Waals surface area contributed by atoms with Crippen molar-refractivity contribution in [3.63, 3.8) is 0 Å². The molecule has 5 nitrogen and oxygen atoms in total. The van der Waals surface area contributed by atoms with E-state index in [1.807, 2.05) is 46.4 Å². The summed E-state index contributed by atoms with van der Waals surface area (Å²) in [4.78, 5) is 24.4. The Kier molecular flexibility index (Phi) is 5.80. The summed E-state index contributed by atoms with van der Waals surface area (Å²) in [6.45, 7) is 12.3. The van der Waals surface area contributed by atoms with Crippen LogP contribution in [-0.4, -0.2) is 46.1 Å². The van der Waals surface area contributed by atoms with E-state index in [-0.39, 0.29) is 30.0 Å². The minimum absolute atomic E-state index is 0.0417. The number of aliphatic carboxylic acids is 1. The van der Waals surface area contributed by atoms with Gasteiger partial charge in [0.05, 0.1) is 13.0 Å². The van der Waals surface area contributed by atoms with Crippen LogP contribution in [0.25, 0.3) is 0 Å². The molecule has 0 radical (unpaired) electrons. The zero-order valence-electron chi connectivity index (χ0n) is 12.3. The van der Waals surface area contributed by atoms with Gasteiger partial charge in [0, 0.05) is 17.6 Å². The van der Waals surface area contributed by atoms with Crippen molar-refractivity contribution in [1.82, 2.24) is 10.2 Å². The van der Waals surface area contributed by atoms with Gasteiger partial charge in [-0.2, -0.15) is 0 Å². The highest BCUT2D eigenvalue weighted by molar-refractivity contribution is 5.78. The van der Waals surface area contributed by atoms with Gasteiger partial charge < -0.3 is 10.4 Å². The molecule has 5 heteroatoms. The van der Waals surface area contributed by atoms with Crippen molar-refractivity contribution in [2.24, 2.45) is 0 Å². The maximum Gasteiger partial charge on any atom is 0.304 e. The molecular weight excluding hydrogens is 232 g/mol. The summed E-state index contributed by atoms with van der Waals surface area (Å²) in [7, 11) is 0. The highest BCUT2D eigenvalue weighted by atomic mass is 16.4. The van der Waals surface area contributed by atoms with Crippen LogP contribution in [0.1, 0.15) is 48.0 Å². The van der Waals surface area contributed by atoms with Crippen molar-refractivity contribution < 1.29 is 14.7 Å². The van der Waals surface area contributed by atoms with Crippen molar-refractivity contribution in [2.45, 2.75) is 59.0 Å². The van der Waals surface area contributed by atoms with Crippen LogP contribution in [0.5, 0.6) is 0 Å². The maximum absolute atomic E-state index is 11.9. The van der Waals surface area contributed by atoms with E-state index >= 15 is 0 Å². The molecule has 0 spiro atoms. The van der Waals surface area contributed by atoms with Gasteiger partial charge in [0.25, 0.3) is 0 Å². The second-order valence-electron chi connectivity index (χ2n) is 6.53. The molecular formula is C13H26N2O3. The number of carboxylic acids is 1. The van der Waals surface area contributed by atoms with Crippen molar-refractivity contribution in [1.29, 1.82) is 0 Å². The molecule has 0 atom stereocenters. The first-order chi connectivity index (χ1) is 7.92. The van der Waals surface area contributed by atoms with Gasteiger partial charge in [0.15, 0.2) is 0 Å². The summed E-state index contributed by atoms with van der Waals surface area (Å²) < 4.78 is 0. The monoisotopic (exact) mass is 258 g/mol. The molecule has 0 rings (SSSR count). The van der Waals surface area contributed by atoms with E-state index in [9.17, 15) is 9.59 Å². The molecule has 0 unspecified atom stereocenters. The molecule has 0 aliphatic carbocycles. The number of hydrogen-bond acceptors (Lipinski definition) is 3. The lowest BCUT2D eigenvalue weighted by Gasteiger charge is -2.35. The molecule has 0 aliphatic heterocycles. The molecule has 0 aromatic heterocycles. The Morgan fingerprint density at radius 2 is 1.61 bits per heavy atom. The van der Waals surface area contributed by atoms with Gasteiger partial charge in [-0.05, 0) is 41.5 Å². The fourth-order valence-electron chi connectivity index (χ4n) is 1.51. The average Bonchev–Trinajstić information content (AvgIpc) is 2.06. The van der Waals surface area contributed by atoms with Crippen molar-refractivity contribution in [2.75, 3.05) is 13.1 Å². The average molecular weight is 258 g/mol. The normalized spacial score (nSPS) is 12.6. The summed E-state index contributed by atoms with van der Waals surface area (Å²) in [5, 5.41) is 11.6. The van der Waals surface area contributed by atoms with Gasteiger partial charge in [-0.15, -0.1) is 0 Å². The first kappa shape index (κ1) is 16.9. The summed E-state index contributed by atoms with van der Waals surface area (Å²) in [6, 6.07) is 0. The SMILES string of the molecule is CC(C)(C)NC(=O)CN(CCC(=O)O)C(C)(C)C. The van der Waals surface area contributed by atoms with Gasteiger partial charge in [-0.1, -0.05) is 0 Å². The van der Waals surface area contributed by atoms with Gasteiger partial charge in [-0.3, -0.25) is 14.5 Å².